The van der Waals surface area contributed by atoms with Gasteiger partial charge in [0.1, 0.15) is 0 Å². The molecule has 1 aliphatic rings. The minimum absolute atomic E-state index is 0.137. The van der Waals surface area contributed by atoms with Crippen LogP contribution in [0, 0.1) is 12.1 Å². The van der Waals surface area contributed by atoms with E-state index in [1.807, 2.05) is 32.0 Å². The molecule has 4 rings (SSSR count). The fourth-order valence-corrected chi connectivity index (χ4v) is 3.31. The molecule has 0 atom stereocenters. The number of methoxy groups -OCH3 is 1. The summed E-state index contributed by atoms with van der Waals surface area (Å²) in [5, 5.41) is 16.0. The predicted molar refractivity (Wildman–Crippen MR) is 102 cm³/mol. The number of aromatic nitrogens is 4. The maximum absolute atomic E-state index is 13.1. The minimum Gasteiger partial charge on any atom is -0.594 e. The zero-order valence-electron chi connectivity index (χ0n) is 16.0. The van der Waals surface area contributed by atoms with Crippen molar-refractivity contribution in [3.05, 3.63) is 59.2 Å². The molecule has 0 unspecified atom stereocenters. The number of ether oxygens (including phenoxy) is 1. The molecule has 8 heteroatoms. The van der Waals surface area contributed by atoms with Crippen molar-refractivity contribution in [3.8, 4) is 17.1 Å². The topological polar surface area (TPSA) is 95.1 Å². The molecule has 0 bridgehead atoms. The Kier molecular flexibility index (Phi) is 3.99. The van der Waals surface area contributed by atoms with Crippen molar-refractivity contribution in [2.75, 3.05) is 12.0 Å². The van der Waals surface area contributed by atoms with Gasteiger partial charge in [0.2, 0.25) is 17.4 Å². The Balaban J connectivity index is 1.85. The lowest BCUT2D eigenvalue weighted by Gasteiger charge is -2.18. The van der Waals surface area contributed by atoms with E-state index in [1.165, 1.54) is 12.0 Å². The number of carbonyl (C=O) groups is 1. The summed E-state index contributed by atoms with van der Waals surface area (Å²) in [5.74, 6) is 0.155. The number of hydrogen-bond acceptors (Lipinski definition) is 6. The third kappa shape index (κ3) is 2.65. The summed E-state index contributed by atoms with van der Waals surface area (Å²) in [6, 6.07) is 9.35. The molecule has 1 aromatic carbocycles. The van der Waals surface area contributed by atoms with Gasteiger partial charge in [-0.25, -0.2) is 9.97 Å². The third-order valence-electron chi connectivity index (χ3n) is 4.99. The zero-order chi connectivity index (χ0) is 20.1. The van der Waals surface area contributed by atoms with Crippen LogP contribution < -0.4 is 14.5 Å². The molecule has 8 nitrogen and oxygen atoms in total. The number of benzene rings is 1. The van der Waals surface area contributed by atoms with Crippen LogP contribution in [0.1, 0.15) is 25.1 Å². The van der Waals surface area contributed by atoms with Gasteiger partial charge in [0.05, 0.1) is 18.2 Å². The van der Waals surface area contributed by atoms with Gasteiger partial charge < -0.3 is 9.94 Å². The Morgan fingerprint density at radius 1 is 1.11 bits per heavy atom. The molecular weight excluding hydrogens is 358 g/mol. The number of amides is 1. The Morgan fingerprint density at radius 3 is 2.46 bits per heavy atom. The first kappa shape index (κ1) is 17.8. The third-order valence-corrected chi connectivity index (χ3v) is 4.99. The quantitative estimate of drug-likeness (QED) is 0.514. The fourth-order valence-electron chi connectivity index (χ4n) is 3.31. The highest BCUT2D eigenvalue weighted by Gasteiger charge is 2.45. The Morgan fingerprint density at radius 2 is 1.82 bits per heavy atom. The first-order valence-corrected chi connectivity index (χ1v) is 8.76. The van der Waals surface area contributed by atoms with Gasteiger partial charge in [0.15, 0.2) is 0 Å². The smallest absolute Gasteiger partial charge is 0.316 e. The molecule has 1 amide bonds. The highest BCUT2D eigenvalue weighted by Crippen LogP contribution is 2.46. The lowest BCUT2D eigenvalue weighted by molar-refractivity contribution is -0.674. The van der Waals surface area contributed by atoms with E-state index in [0.717, 1.165) is 16.7 Å². The van der Waals surface area contributed by atoms with Gasteiger partial charge in [0.25, 0.3) is 0 Å². The second-order valence-corrected chi connectivity index (χ2v) is 7.16. The molecule has 0 saturated carbocycles. The minimum atomic E-state index is -0.732. The standard InChI is InChI=1S/C20H19N5O3/c1-12-5-8-17(23-25(12)27)24-16-9-13(14-10-21-19(28-4)22-11-14)6-7-15(16)20(2,3)18(24)26/h5-11H,1-4H3. The van der Waals surface area contributed by atoms with Crippen molar-refractivity contribution in [1.29, 1.82) is 0 Å². The van der Waals surface area contributed by atoms with Crippen molar-refractivity contribution < 1.29 is 14.4 Å². The molecule has 0 fully saturated rings. The highest BCUT2D eigenvalue weighted by atomic mass is 16.5. The van der Waals surface area contributed by atoms with Gasteiger partial charge in [-0.3, -0.25) is 9.69 Å². The van der Waals surface area contributed by atoms with Gasteiger partial charge >= 0.3 is 6.01 Å². The number of fused-ring (bicyclic) bond motifs is 1. The lowest BCUT2D eigenvalue weighted by atomic mass is 9.85. The van der Waals surface area contributed by atoms with Gasteiger partial charge in [-0.15, -0.1) is 0 Å². The van der Waals surface area contributed by atoms with Gasteiger partial charge in [-0.1, -0.05) is 17.0 Å². The number of rotatable bonds is 3. The van der Waals surface area contributed by atoms with Crippen LogP contribution in [0.2, 0.25) is 0 Å². The van der Waals surface area contributed by atoms with Crippen molar-refractivity contribution in [2.45, 2.75) is 26.2 Å². The van der Waals surface area contributed by atoms with E-state index in [9.17, 15) is 10.0 Å². The molecule has 28 heavy (non-hydrogen) atoms. The highest BCUT2D eigenvalue weighted by molar-refractivity contribution is 6.12. The van der Waals surface area contributed by atoms with Crippen molar-refractivity contribution in [1.82, 2.24) is 15.1 Å². The molecule has 2 aromatic heterocycles. The Bertz CT molecular complexity index is 1080. The fraction of sp³-hybridized carbons (Fsp3) is 0.250. The van der Waals surface area contributed by atoms with E-state index in [2.05, 4.69) is 15.1 Å². The van der Waals surface area contributed by atoms with Crippen LogP contribution in [0.5, 0.6) is 6.01 Å². The molecular formula is C20H19N5O3. The molecule has 0 saturated heterocycles. The van der Waals surface area contributed by atoms with Crippen LogP contribution in [-0.2, 0) is 10.2 Å². The summed E-state index contributed by atoms with van der Waals surface area (Å²) >= 11 is 0. The first-order valence-electron chi connectivity index (χ1n) is 8.76. The number of nitrogens with zero attached hydrogens (tertiary/aromatic N) is 5. The van der Waals surface area contributed by atoms with E-state index in [1.54, 1.807) is 31.5 Å². The van der Waals surface area contributed by atoms with Crippen LogP contribution in [0.15, 0.2) is 42.7 Å². The van der Waals surface area contributed by atoms with E-state index in [-0.39, 0.29) is 11.9 Å². The largest absolute Gasteiger partial charge is 0.594 e. The van der Waals surface area contributed by atoms with Gasteiger partial charge in [0, 0.05) is 36.0 Å². The summed E-state index contributed by atoms with van der Waals surface area (Å²) in [4.78, 5) is 23.4. The number of aryl methyl sites for hydroxylation is 1. The van der Waals surface area contributed by atoms with Crippen LogP contribution in [0.4, 0.5) is 11.5 Å². The van der Waals surface area contributed by atoms with Gasteiger partial charge in [-0.05, 0) is 37.1 Å². The maximum atomic E-state index is 13.1. The average Bonchev–Trinajstić information content (AvgIpc) is 2.90. The maximum Gasteiger partial charge on any atom is 0.316 e. The van der Waals surface area contributed by atoms with Crippen LogP contribution in [0.3, 0.4) is 0 Å². The van der Waals surface area contributed by atoms with E-state index >= 15 is 0 Å². The van der Waals surface area contributed by atoms with Crippen molar-refractivity contribution in [2.24, 2.45) is 0 Å². The van der Waals surface area contributed by atoms with Crippen LogP contribution in [-0.4, -0.2) is 28.1 Å². The molecule has 1 aliphatic heterocycles. The SMILES string of the molecule is COc1ncc(-c2ccc3c(c2)N(c2ccc(C)[n+]([O-])n2)C(=O)C3(C)C)cn1. The van der Waals surface area contributed by atoms with Crippen molar-refractivity contribution >= 4 is 17.4 Å². The second kappa shape index (κ2) is 6.26. The first-order chi connectivity index (χ1) is 13.3. The zero-order valence-corrected chi connectivity index (χ0v) is 16.0. The second-order valence-electron chi connectivity index (χ2n) is 7.16. The van der Waals surface area contributed by atoms with E-state index in [4.69, 9.17) is 4.74 Å². The Labute approximate surface area is 162 Å². The lowest BCUT2D eigenvalue weighted by Crippen LogP contribution is -2.39. The number of hydrogen-bond donors (Lipinski definition) is 0. The Hall–Kier alpha value is -3.55. The molecule has 0 aliphatic carbocycles. The number of anilines is 2. The summed E-state index contributed by atoms with van der Waals surface area (Å²) in [6.07, 6.45) is 3.32. The molecule has 3 heterocycles. The van der Waals surface area contributed by atoms with Crippen LogP contribution in [0.25, 0.3) is 11.1 Å². The summed E-state index contributed by atoms with van der Waals surface area (Å²) in [7, 11) is 1.51. The monoisotopic (exact) mass is 377 g/mol. The molecule has 0 N–H and O–H groups in total. The normalized spacial score (nSPS) is 14.9. The summed E-state index contributed by atoms with van der Waals surface area (Å²) < 4.78 is 5.00. The summed E-state index contributed by atoms with van der Waals surface area (Å²) in [6.45, 7) is 5.39. The average molecular weight is 377 g/mol. The molecule has 0 spiro atoms. The van der Waals surface area contributed by atoms with E-state index in [0.29, 0.717) is 22.0 Å². The molecule has 0 radical (unpaired) electrons. The molecule has 142 valence electrons. The molecule has 3 aromatic rings. The van der Waals surface area contributed by atoms with Gasteiger partial charge in [-0.2, -0.15) is 0 Å². The summed E-state index contributed by atoms with van der Waals surface area (Å²) in [5.41, 5.74) is 2.93. The van der Waals surface area contributed by atoms with Crippen molar-refractivity contribution in [3.63, 3.8) is 0 Å². The van der Waals surface area contributed by atoms with E-state index < -0.39 is 5.41 Å². The number of carbonyl (C=O) groups excluding carboxylic acids is 1. The predicted octanol–water partition coefficient (Wildman–Crippen LogP) is 2.44. The van der Waals surface area contributed by atoms with Crippen LogP contribution >= 0.6 is 0 Å².